The molecule has 110 valence electrons. The van der Waals surface area contributed by atoms with Crippen molar-refractivity contribution in [1.29, 1.82) is 0 Å². The number of carbonyl (C=O) groups is 1. The summed E-state index contributed by atoms with van der Waals surface area (Å²) in [5, 5.41) is 2.85. The molecule has 21 heavy (non-hydrogen) atoms. The number of aromatic nitrogens is 1. The van der Waals surface area contributed by atoms with Gasteiger partial charge in [-0.15, -0.1) is 0 Å². The third kappa shape index (κ3) is 3.70. The van der Waals surface area contributed by atoms with Crippen LogP contribution in [0.3, 0.4) is 0 Å². The van der Waals surface area contributed by atoms with E-state index in [0.29, 0.717) is 18.0 Å². The predicted octanol–water partition coefficient (Wildman–Crippen LogP) is 1.61. The van der Waals surface area contributed by atoms with Crippen LogP contribution >= 0.6 is 0 Å². The van der Waals surface area contributed by atoms with Crippen LogP contribution in [0.25, 0.3) is 0 Å². The maximum absolute atomic E-state index is 12.1. The van der Waals surface area contributed by atoms with Gasteiger partial charge in [-0.3, -0.25) is 10.6 Å². The molecule has 0 fully saturated rings. The lowest BCUT2D eigenvalue weighted by atomic mass is 10.1. The summed E-state index contributed by atoms with van der Waals surface area (Å²) in [6.07, 6.45) is 1.67. The van der Waals surface area contributed by atoms with Gasteiger partial charge >= 0.3 is 0 Å². The predicted molar refractivity (Wildman–Crippen MR) is 80.9 cm³/mol. The summed E-state index contributed by atoms with van der Waals surface area (Å²) in [5.41, 5.74) is 5.78. The molecule has 2 rings (SSSR count). The van der Waals surface area contributed by atoms with Crippen molar-refractivity contribution in [2.75, 3.05) is 12.5 Å². The maximum atomic E-state index is 12.1. The number of nitrogens with two attached hydrogens (primary N) is 1. The summed E-state index contributed by atoms with van der Waals surface area (Å²) < 4.78 is 4.98. The number of nitrogens with zero attached hydrogens (tertiary/aromatic N) is 1. The number of pyridine rings is 1. The summed E-state index contributed by atoms with van der Waals surface area (Å²) in [6.45, 7) is 2.30. The van der Waals surface area contributed by atoms with Crippen LogP contribution in [0.2, 0.25) is 0 Å². The first kappa shape index (κ1) is 14.8. The van der Waals surface area contributed by atoms with Crippen molar-refractivity contribution in [3.05, 3.63) is 53.2 Å². The molecule has 6 nitrogen and oxygen atoms in total. The third-order valence-corrected chi connectivity index (χ3v) is 3.10. The number of benzene rings is 1. The Balaban J connectivity index is 1.99. The first-order valence-electron chi connectivity index (χ1n) is 6.48. The molecule has 1 aromatic carbocycles. The fourth-order valence-corrected chi connectivity index (χ4v) is 1.89. The Morgan fingerprint density at radius 3 is 2.71 bits per heavy atom. The molecule has 6 heteroatoms. The molecule has 1 amide bonds. The highest BCUT2D eigenvalue weighted by Gasteiger charge is 2.07. The second-order valence-corrected chi connectivity index (χ2v) is 4.57. The highest BCUT2D eigenvalue weighted by atomic mass is 16.5. The van der Waals surface area contributed by atoms with E-state index in [0.717, 1.165) is 16.8 Å². The quantitative estimate of drug-likeness (QED) is 0.574. The number of amides is 1. The van der Waals surface area contributed by atoms with Crippen molar-refractivity contribution in [2.45, 2.75) is 13.5 Å². The van der Waals surface area contributed by atoms with E-state index in [4.69, 9.17) is 10.6 Å². The van der Waals surface area contributed by atoms with Gasteiger partial charge in [-0.05, 0) is 36.2 Å². The molecule has 0 radical (unpaired) electrons. The lowest BCUT2D eigenvalue weighted by Gasteiger charge is -2.09. The van der Waals surface area contributed by atoms with Gasteiger partial charge in [-0.1, -0.05) is 6.07 Å². The molecule has 4 N–H and O–H groups in total. The van der Waals surface area contributed by atoms with Crippen molar-refractivity contribution in [2.24, 2.45) is 5.84 Å². The summed E-state index contributed by atoms with van der Waals surface area (Å²) >= 11 is 0. The number of nitrogen functional groups attached to an aromatic ring is 1. The molecule has 0 atom stereocenters. The number of hydrogen-bond donors (Lipinski definition) is 3. The molecule has 1 heterocycles. The Hall–Kier alpha value is -2.60. The smallest absolute Gasteiger partial charge is 0.251 e. The number of methoxy groups -OCH3 is 1. The Kier molecular flexibility index (Phi) is 4.73. The number of aryl methyl sites for hydroxylation is 1. The number of rotatable bonds is 5. The minimum atomic E-state index is -0.141. The lowest BCUT2D eigenvalue weighted by molar-refractivity contribution is 0.0951. The van der Waals surface area contributed by atoms with E-state index in [1.807, 2.05) is 13.0 Å². The summed E-state index contributed by atoms with van der Waals surface area (Å²) in [6, 6.07) is 8.91. The Bertz CT molecular complexity index is 626. The van der Waals surface area contributed by atoms with Crippen LogP contribution in [0.1, 0.15) is 21.5 Å². The zero-order chi connectivity index (χ0) is 15.2. The Morgan fingerprint density at radius 1 is 1.33 bits per heavy atom. The van der Waals surface area contributed by atoms with Gasteiger partial charge in [0.1, 0.15) is 0 Å². The zero-order valence-corrected chi connectivity index (χ0v) is 12.0. The fraction of sp³-hybridized carbons (Fsp3) is 0.200. The molecular formula is C15H18N4O2. The van der Waals surface area contributed by atoms with Crippen LogP contribution in [0.4, 0.5) is 5.69 Å². The van der Waals surface area contributed by atoms with Gasteiger partial charge in [-0.2, -0.15) is 0 Å². The van der Waals surface area contributed by atoms with Crippen LogP contribution in [0.15, 0.2) is 36.5 Å². The Labute approximate surface area is 123 Å². The topological polar surface area (TPSA) is 89.3 Å². The highest BCUT2D eigenvalue weighted by molar-refractivity contribution is 5.94. The van der Waals surface area contributed by atoms with E-state index in [-0.39, 0.29) is 5.91 Å². The van der Waals surface area contributed by atoms with Crippen LogP contribution < -0.4 is 21.3 Å². The van der Waals surface area contributed by atoms with E-state index in [1.165, 1.54) is 0 Å². The number of nitrogens with one attached hydrogen (secondary N) is 2. The van der Waals surface area contributed by atoms with E-state index >= 15 is 0 Å². The zero-order valence-electron chi connectivity index (χ0n) is 12.0. The summed E-state index contributed by atoms with van der Waals surface area (Å²) in [5.74, 6) is 5.77. The van der Waals surface area contributed by atoms with Crippen LogP contribution in [0, 0.1) is 6.92 Å². The average molecular weight is 286 g/mol. The molecule has 2 aromatic rings. The van der Waals surface area contributed by atoms with Crippen molar-refractivity contribution >= 4 is 11.6 Å². The minimum absolute atomic E-state index is 0.141. The van der Waals surface area contributed by atoms with Crippen LogP contribution in [-0.4, -0.2) is 18.0 Å². The van der Waals surface area contributed by atoms with Crippen molar-refractivity contribution < 1.29 is 9.53 Å². The van der Waals surface area contributed by atoms with Crippen molar-refractivity contribution in [3.63, 3.8) is 0 Å². The molecule has 0 bridgehead atoms. The van der Waals surface area contributed by atoms with Gasteiger partial charge < -0.3 is 15.5 Å². The summed E-state index contributed by atoms with van der Waals surface area (Å²) in [7, 11) is 1.56. The minimum Gasteiger partial charge on any atom is -0.481 e. The molecule has 0 saturated heterocycles. The monoisotopic (exact) mass is 286 g/mol. The number of hydrazine groups is 1. The molecule has 0 spiro atoms. The second kappa shape index (κ2) is 6.71. The van der Waals surface area contributed by atoms with E-state index in [9.17, 15) is 4.79 Å². The fourth-order valence-electron chi connectivity index (χ4n) is 1.89. The largest absolute Gasteiger partial charge is 0.481 e. The molecule has 0 aliphatic rings. The van der Waals surface area contributed by atoms with Gasteiger partial charge in [0.25, 0.3) is 5.91 Å². The lowest BCUT2D eigenvalue weighted by Crippen LogP contribution is -2.23. The molecule has 0 unspecified atom stereocenters. The van der Waals surface area contributed by atoms with E-state index in [1.54, 1.807) is 37.6 Å². The molecule has 1 aromatic heterocycles. The van der Waals surface area contributed by atoms with Crippen LogP contribution in [0.5, 0.6) is 5.88 Å². The van der Waals surface area contributed by atoms with Crippen LogP contribution in [-0.2, 0) is 6.54 Å². The normalized spacial score (nSPS) is 10.0. The SMILES string of the molecule is COc1ccc(CNC(=O)c2ccc(NN)c(C)c2)cn1. The molecule has 0 aliphatic carbocycles. The molecule has 0 saturated carbocycles. The van der Waals surface area contributed by atoms with Crippen molar-refractivity contribution in [3.8, 4) is 5.88 Å². The third-order valence-electron chi connectivity index (χ3n) is 3.10. The van der Waals surface area contributed by atoms with Gasteiger partial charge in [0.05, 0.1) is 12.8 Å². The average Bonchev–Trinajstić information content (AvgIpc) is 2.53. The van der Waals surface area contributed by atoms with E-state index < -0.39 is 0 Å². The van der Waals surface area contributed by atoms with Gasteiger partial charge in [0.15, 0.2) is 0 Å². The highest BCUT2D eigenvalue weighted by Crippen LogP contribution is 2.15. The first-order chi connectivity index (χ1) is 10.1. The van der Waals surface area contributed by atoms with Gasteiger partial charge in [-0.25, -0.2) is 4.98 Å². The van der Waals surface area contributed by atoms with Gasteiger partial charge in [0, 0.05) is 24.4 Å². The van der Waals surface area contributed by atoms with Gasteiger partial charge in [0.2, 0.25) is 5.88 Å². The number of anilines is 1. The standard InChI is InChI=1S/C15H18N4O2/c1-10-7-12(4-5-13(10)19-16)15(20)18-9-11-3-6-14(21-2)17-8-11/h3-8,19H,9,16H2,1-2H3,(H,18,20). The number of hydrogen-bond acceptors (Lipinski definition) is 5. The first-order valence-corrected chi connectivity index (χ1v) is 6.48. The maximum Gasteiger partial charge on any atom is 0.251 e. The Morgan fingerprint density at radius 2 is 2.14 bits per heavy atom. The molecular weight excluding hydrogens is 268 g/mol. The molecule has 0 aliphatic heterocycles. The second-order valence-electron chi connectivity index (χ2n) is 4.57. The number of ether oxygens (including phenoxy) is 1. The number of carbonyl (C=O) groups excluding carboxylic acids is 1. The van der Waals surface area contributed by atoms with E-state index in [2.05, 4.69) is 15.7 Å². The van der Waals surface area contributed by atoms with Crippen molar-refractivity contribution in [1.82, 2.24) is 10.3 Å². The summed E-state index contributed by atoms with van der Waals surface area (Å²) in [4.78, 5) is 16.2.